The Morgan fingerprint density at radius 1 is 1.39 bits per heavy atom. The van der Waals surface area contributed by atoms with Crippen LogP contribution in [0.1, 0.15) is 18.9 Å². The summed E-state index contributed by atoms with van der Waals surface area (Å²) in [5.74, 6) is 0.675. The average Bonchev–Trinajstić information content (AvgIpc) is 2.38. The zero-order valence-corrected chi connectivity index (χ0v) is 11.8. The lowest BCUT2D eigenvalue weighted by Crippen LogP contribution is -2.04. The third kappa shape index (κ3) is 4.62. The van der Waals surface area contributed by atoms with E-state index < -0.39 is 4.92 Å². The molecule has 1 aromatic carbocycles. The monoisotopic (exact) mass is 317 g/mol. The Morgan fingerprint density at radius 3 is 2.78 bits per heavy atom. The fourth-order valence-electron chi connectivity index (χ4n) is 1.41. The lowest BCUT2D eigenvalue weighted by Gasteiger charge is -2.09. The summed E-state index contributed by atoms with van der Waals surface area (Å²) in [4.78, 5) is 10.2. The van der Waals surface area contributed by atoms with Crippen molar-refractivity contribution in [1.82, 2.24) is 0 Å². The normalized spacial score (nSPS) is 10.3. The van der Waals surface area contributed by atoms with E-state index in [1.54, 1.807) is 6.07 Å². The first-order valence-electron chi connectivity index (χ1n) is 5.72. The van der Waals surface area contributed by atoms with Gasteiger partial charge in [-0.25, -0.2) is 0 Å². The van der Waals surface area contributed by atoms with E-state index in [1.807, 2.05) is 6.92 Å². The average molecular weight is 318 g/mol. The van der Waals surface area contributed by atoms with Gasteiger partial charge < -0.3 is 9.47 Å². The van der Waals surface area contributed by atoms with Gasteiger partial charge in [-0.15, -0.1) is 0 Å². The van der Waals surface area contributed by atoms with Crippen LogP contribution in [0.25, 0.3) is 0 Å². The molecule has 0 saturated heterocycles. The van der Waals surface area contributed by atoms with Crippen molar-refractivity contribution in [1.29, 1.82) is 0 Å². The predicted molar refractivity (Wildman–Crippen MR) is 72.3 cm³/mol. The zero-order chi connectivity index (χ0) is 13.4. The van der Waals surface area contributed by atoms with Crippen LogP contribution in [0.2, 0.25) is 0 Å². The van der Waals surface area contributed by atoms with Gasteiger partial charge in [0.2, 0.25) is 0 Å². The molecule has 0 radical (unpaired) electrons. The van der Waals surface area contributed by atoms with Gasteiger partial charge in [-0.05, 0) is 13.0 Å². The van der Waals surface area contributed by atoms with Gasteiger partial charge in [0.15, 0.2) is 0 Å². The molecule has 5 nitrogen and oxygen atoms in total. The highest BCUT2D eigenvalue weighted by atomic mass is 79.9. The van der Waals surface area contributed by atoms with Crippen LogP contribution in [0.15, 0.2) is 18.2 Å². The number of alkyl halides is 1. The maximum Gasteiger partial charge on any atom is 0.270 e. The summed E-state index contributed by atoms with van der Waals surface area (Å²) in [5, 5.41) is 11.2. The number of rotatable bonds is 8. The number of hydrogen-bond acceptors (Lipinski definition) is 4. The van der Waals surface area contributed by atoms with Crippen LogP contribution in [-0.2, 0) is 10.1 Å². The topological polar surface area (TPSA) is 61.6 Å². The van der Waals surface area contributed by atoms with Crippen molar-refractivity contribution in [3.63, 3.8) is 0 Å². The number of ether oxygens (including phenoxy) is 2. The summed E-state index contributed by atoms with van der Waals surface area (Å²) in [6.45, 7) is 3.84. The van der Waals surface area contributed by atoms with Gasteiger partial charge in [0.1, 0.15) is 5.75 Å². The molecule has 100 valence electrons. The summed E-state index contributed by atoms with van der Waals surface area (Å²) in [7, 11) is 0. The minimum atomic E-state index is -0.412. The minimum absolute atomic E-state index is 0.0751. The van der Waals surface area contributed by atoms with Gasteiger partial charge in [-0.2, -0.15) is 0 Å². The van der Waals surface area contributed by atoms with Gasteiger partial charge in [0, 0.05) is 42.7 Å². The maximum atomic E-state index is 10.6. The second-order valence-electron chi connectivity index (χ2n) is 3.58. The van der Waals surface area contributed by atoms with Crippen LogP contribution < -0.4 is 4.74 Å². The van der Waals surface area contributed by atoms with Crippen molar-refractivity contribution in [2.75, 3.05) is 19.8 Å². The molecule has 0 atom stereocenters. The van der Waals surface area contributed by atoms with Gasteiger partial charge in [-0.3, -0.25) is 10.1 Å². The van der Waals surface area contributed by atoms with Crippen LogP contribution in [-0.4, -0.2) is 24.7 Å². The Balaban J connectivity index is 2.57. The first-order chi connectivity index (χ1) is 8.69. The van der Waals surface area contributed by atoms with E-state index in [0.717, 1.165) is 12.0 Å². The van der Waals surface area contributed by atoms with E-state index in [1.165, 1.54) is 12.1 Å². The Labute approximate surface area is 114 Å². The molecule has 0 heterocycles. The number of nitro groups is 1. The lowest BCUT2D eigenvalue weighted by atomic mass is 10.2. The van der Waals surface area contributed by atoms with Gasteiger partial charge in [0.05, 0.1) is 11.5 Å². The number of hydrogen-bond donors (Lipinski definition) is 0. The number of nitrogens with zero attached hydrogens (tertiary/aromatic N) is 1. The van der Waals surface area contributed by atoms with Crippen LogP contribution in [0.4, 0.5) is 5.69 Å². The van der Waals surface area contributed by atoms with Crippen molar-refractivity contribution < 1.29 is 14.4 Å². The summed E-state index contributed by atoms with van der Waals surface area (Å²) in [6, 6.07) is 4.60. The van der Waals surface area contributed by atoms with Gasteiger partial charge in [0.25, 0.3) is 5.69 Å². The summed E-state index contributed by atoms with van der Waals surface area (Å²) in [6.07, 6.45) is 0.798. The third-order valence-corrected chi connectivity index (χ3v) is 2.90. The highest BCUT2D eigenvalue weighted by Crippen LogP contribution is 2.26. The van der Waals surface area contributed by atoms with Crippen molar-refractivity contribution >= 4 is 21.6 Å². The number of halogens is 1. The fraction of sp³-hybridized carbons (Fsp3) is 0.500. The molecule has 0 spiro atoms. The molecule has 6 heteroatoms. The smallest absolute Gasteiger partial charge is 0.270 e. The maximum absolute atomic E-state index is 10.6. The highest BCUT2D eigenvalue weighted by molar-refractivity contribution is 9.08. The second-order valence-corrected chi connectivity index (χ2v) is 4.14. The molecule has 0 aliphatic heterocycles. The van der Waals surface area contributed by atoms with E-state index in [9.17, 15) is 10.1 Å². The Bertz CT molecular complexity index is 398. The second kappa shape index (κ2) is 8.05. The van der Waals surface area contributed by atoms with Crippen molar-refractivity contribution in [2.24, 2.45) is 0 Å². The number of nitro benzene ring substituents is 1. The Morgan fingerprint density at radius 2 is 2.17 bits per heavy atom. The zero-order valence-electron chi connectivity index (χ0n) is 10.2. The molecule has 0 unspecified atom stereocenters. The Kier molecular flexibility index (Phi) is 6.67. The van der Waals surface area contributed by atoms with Crippen molar-refractivity contribution in [2.45, 2.75) is 18.7 Å². The summed E-state index contributed by atoms with van der Waals surface area (Å²) < 4.78 is 10.8. The first kappa shape index (κ1) is 14.9. The van der Waals surface area contributed by atoms with Crippen molar-refractivity contribution in [3.05, 3.63) is 33.9 Å². The largest absolute Gasteiger partial charge is 0.493 e. The molecule has 1 rings (SSSR count). The first-order valence-corrected chi connectivity index (χ1v) is 6.85. The lowest BCUT2D eigenvalue weighted by molar-refractivity contribution is -0.384. The third-order valence-electron chi connectivity index (χ3n) is 2.29. The molecule has 0 fully saturated rings. The van der Waals surface area contributed by atoms with Gasteiger partial charge in [-0.1, -0.05) is 15.9 Å². The van der Waals surface area contributed by atoms with Crippen LogP contribution >= 0.6 is 15.9 Å². The molecular formula is C12H16BrNO4. The minimum Gasteiger partial charge on any atom is -0.493 e. The van der Waals surface area contributed by atoms with Crippen LogP contribution in [0.3, 0.4) is 0 Å². The van der Waals surface area contributed by atoms with E-state index in [-0.39, 0.29) is 5.69 Å². The molecule has 1 aromatic rings. The Hall–Kier alpha value is -1.14. The molecule has 0 saturated carbocycles. The molecule has 0 bridgehead atoms. The predicted octanol–water partition coefficient (Wildman–Crippen LogP) is 3.30. The fourth-order valence-corrected chi connectivity index (χ4v) is 1.85. The SMILES string of the molecule is CCOCCCOc1ccc([N+](=O)[O-])cc1CBr. The van der Waals surface area contributed by atoms with Gasteiger partial charge >= 0.3 is 0 Å². The molecule has 18 heavy (non-hydrogen) atoms. The molecule has 0 aliphatic carbocycles. The standard InChI is InChI=1S/C12H16BrNO4/c1-2-17-6-3-7-18-12-5-4-11(14(15)16)8-10(12)9-13/h4-5,8H,2-3,6-7,9H2,1H3. The molecule has 0 N–H and O–H groups in total. The molecule has 0 amide bonds. The van der Waals surface area contributed by atoms with E-state index >= 15 is 0 Å². The quantitative estimate of drug-likeness (QED) is 0.319. The van der Waals surface area contributed by atoms with Crippen LogP contribution in [0, 0.1) is 10.1 Å². The molecule has 0 aliphatic rings. The van der Waals surface area contributed by atoms with E-state index in [0.29, 0.717) is 30.9 Å². The summed E-state index contributed by atoms with van der Waals surface area (Å²) in [5.41, 5.74) is 0.853. The number of benzene rings is 1. The molecular weight excluding hydrogens is 302 g/mol. The van der Waals surface area contributed by atoms with Crippen molar-refractivity contribution in [3.8, 4) is 5.75 Å². The number of non-ortho nitro benzene ring substituents is 1. The van der Waals surface area contributed by atoms with Crippen LogP contribution in [0.5, 0.6) is 5.75 Å². The van der Waals surface area contributed by atoms with E-state index in [2.05, 4.69) is 15.9 Å². The van der Waals surface area contributed by atoms with E-state index in [4.69, 9.17) is 9.47 Å². The summed E-state index contributed by atoms with van der Waals surface area (Å²) >= 11 is 3.30. The molecule has 0 aromatic heterocycles. The highest BCUT2D eigenvalue weighted by Gasteiger charge is 2.10.